The first-order valence-corrected chi connectivity index (χ1v) is 7.41. The molecule has 1 aliphatic heterocycles. The Morgan fingerprint density at radius 2 is 1.80 bits per heavy atom. The molecule has 0 spiro atoms. The number of urea groups is 1. The minimum absolute atomic E-state index is 0.152. The summed E-state index contributed by atoms with van der Waals surface area (Å²) in [4.78, 5) is 12.9. The zero-order valence-corrected chi connectivity index (χ0v) is 12.8. The van der Waals surface area contributed by atoms with Crippen LogP contribution in [-0.2, 0) is 6.18 Å². The molecule has 2 amide bonds. The second kappa shape index (κ2) is 7.51. The Bertz CT molecular complexity index is 583. The maximum atomic E-state index is 13.4. The summed E-state index contributed by atoms with van der Waals surface area (Å²) in [6.07, 6.45) is -10.4. The molecule has 1 heterocycles. The fourth-order valence-electron chi connectivity index (χ4n) is 2.57. The highest BCUT2D eigenvalue weighted by atomic mass is 19.4. The lowest BCUT2D eigenvalue weighted by molar-refractivity contribution is -0.137. The van der Waals surface area contributed by atoms with E-state index in [4.69, 9.17) is 0 Å². The van der Waals surface area contributed by atoms with E-state index in [1.807, 2.05) is 5.32 Å². The van der Waals surface area contributed by atoms with E-state index in [0.717, 1.165) is 17.0 Å². The van der Waals surface area contributed by atoms with Crippen molar-refractivity contribution in [2.45, 2.75) is 37.3 Å². The molecule has 0 bridgehead atoms. The van der Waals surface area contributed by atoms with Gasteiger partial charge in [-0.3, -0.25) is 0 Å². The van der Waals surface area contributed by atoms with Crippen molar-refractivity contribution >= 4 is 6.03 Å². The zero-order valence-electron chi connectivity index (χ0n) is 12.8. The largest absolute Gasteiger partial charge is 0.416 e. The summed E-state index contributed by atoms with van der Waals surface area (Å²) in [7, 11) is 0. The number of nitrogens with zero attached hydrogens (tertiary/aromatic N) is 1. The minimum atomic E-state index is -4.61. The summed E-state index contributed by atoms with van der Waals surface area (Å²) in [5, 5.41) is 11.4. The molecular formula is C15H16F6N2O2. The van der Waals surface area contributed by atoms with Crippen LogP contribution < -0.4 is 5.32 Å². The van der Waals surface area contributed by atoms with Crippen LogP contribution in [0.3, 0.4) is 0 Å². The standard InChI is InChI=1S/C15H16F6N2O2/c16-10-5-11(24)7-23(6-10)14(25)22-12(13(17)18)8-1-3-9(4-2-8)15(19,20)21/h1-4,10-13,24H,5-7H2,(H,22,25)/t10-,11+,12?/m0/s1. The SMILES string of the molecule is O=C(NC(c1ccc(C(F)(F)F)cc1)C(F)F)N1C[C@H](O)C[C@H](F)C1. The van der Waals surface area contributed by atoms with Gasteiger partial charge in [-0.25, -0.2) is 18.0 Å². The maximum Gasteiger partial charge on any atom is 0.416 e. The van der Waals surface area contributed by atoms with Crippen LogP contribution in [-0.4, -0.2) is 47.8 Å². The molecule has 4 nitrogen and oxygen atoms in total. The van der Waals surface area contributed by atoms with Gasteiger partial charge in [0.25, 0.3) is 6.43 Å². The molecule has 0 aliphatic carbocycles. The van der Waals surface area contributed by atoms with Gasteiger partial charge in [-0.2, -0.15) is 13.2 Å². The molecule has 3 atom stereocenters. The van der Waals surface area contributed by atoms with Crippen LogP contribution >= 0.6 is 0 Å². The van der Waals surface area contributed by atoms with Crippen molar-refractivity contribution in [1.29, 1.82) is 0 Å². The van der Waals surface area contributed by atoms with Gasteiger partial charge in [-0.15, -0.1) is 0 Å². The Morgan fingerprint density at radius 3 is 2.28 bits per heavy atom. The van der Waals surface area contributed by atoms with Gasteiger partial charge in [-0.05, 0) is 17.7 Å². The molecule has 140 valence electrons. The fraction of sp³-hybridized carbons (Fsp3) is 0.533. The lowest BCUT2D eigenvalue weighted by Crippen LogP contribution is -2.52. The van der Waals surface area contributed by atoms with Gasteiger partial charge in [0.2, 0.25) is 0 Å². The Balaban J connectivity index is 2.11. The van der Waals surface area contributed by atoms with Gasteiger partial charge in [0.05, 0.1) is 18.2 Å². The Hall–Kier alpha value is -1.97. The first kappa shape index (κ1) is 19.4. The molecule has 1 aliphatic rings. The average Bonchev–Trinajstić information content (AvgIpc) is 2.50. The average molecular weight is 370 g/mol. The first-order valence-electron chi connectivity index (χ1n) is 7.41. The number of carbonyl (C=O) groups is 1. The van der Waals surface area contributed by atoms with Gasteiger partial charge in [0.1, 0.15) is 12.2 Å². The predicted molar refractivity (Wildman–Crippen MR) is 75.8 cm³/mol. The number of hydrogen-bond donors (Lipinski definition) is 2. The highest BCUT2D eigenvalue weighted by molar-refractivity contribution is 5.75. The molecule has 2 rings (SSSR count). The number of aliphatic hydroxyl groups excluding tert-OH is 1. The van der Waals surface area contributed by atoms with E-state index in [-0.39, 0.29) is 25.1 Å². The monoisotopic (exact) mass is 370 g/mol. The number of carbonyl (C=O) groups excluding carboxylic acids is 1. The van der Waals surface area contributed by atoms with Crippen LogP contribution in [0.1, 0.15) is 23.6 Å². The van der Waals surface area contributed by atoms with Crippen LogP contribution in [0.25, 0.3) is 0 Å². The number of piperidine rings is 1. The molecule has 2 N–H and O–H groups in total. The van der Waals surface area contributed by atoms with Gasteiger partial charge < -0.3 is 15.3 Å². The molecule has 10 heteroatoms. The van der Waals surface area contributed by atoms with Crippen LogP contribution in [0.4, 0.5) is 31.1 Å². The number of nitrogens with one attached hydrogen (secondary N) is 1. The predicted octanol–water partition coefficient (Wildman–Crippen LogP) is 3.13. The van der Waals surface area contributed by atoms with Gasteiger partial charge in [0, 0.05) is 13.0 Å². The second-order valence-corrected chi connectivity index (χ2v) is 5.77. The summed E-state index contributed by atoms with van der Waals surface area (Å²) in [5.74, 6) is 0. The number of rotatable bonds is 3. The lowest BCUT2D eigenvalue weighted by atomic mass is 10.0. The molecule has 0 aromatic heterocycles. The molecule has 1 aromatic rings. The quantitative estimate of drug-likeness (QED) is 0.804. The third-order valence-corrected chi connectivity index (χ3v) is 3.79. The number of halogens is 6. The van der Waals surface area contributed by atoms with E-state index < -0.39 is 42.5 Å². The Kier molecular flexibility index (Phi) is 5.81. The van der Waals surface area contributed by atoms with E-state index in [0.29, 0.717) is 12.1 Å². The summed E-state index contributed by atoms with van der Waals surface area (Å²) < 4.78 is 77.4. The minimum Gasteiger partial charge on any atom is -0.391 e. The molecule has 1 saturated heterocycles. The molecule has 25 heavy (non-hydrogen) atoms. The zero-order chi connectivity index (χ0) is 18.8. The third kappa shape index (κ3) is 5.00. The summed E-state index contributed by atoms with van der Waals surface area (Å²) in [6.45, 7) is -0.568. The lowest BCUT2D eigenvalue weighted by Gasteiger charge is -2.33. The van der Waals surface area contributed by atoms with Crippen molar-refractivity contribution in [3.05, 3.63) is 35.4 Å². The Morgan fingerprint density at radius 1 is 1.20 bits per heavy atom. The van der Waals surface area contributed by atoms with E-state index in [1.54, 1.807) is 0 Å². The van der Waals surface area contributed by atoms with Crippen molar-refractivity contribution < 1.29 is 36.2 Å². The summed E-state index contributed by atoms with van der Waals surface area (Å²) in [5.41, 5.74) is -1.22. The fourth-order valence-corrected chi connectivity index (χ4v) is 2.57. The van der Waals surface area contributed by atoms with Crippen molar-refractivity contribution in [1.82, 2.24) is 10.2 Å². The summed E-state index contributed by atoms with van der Waals surface area (Å²) in [6, 6.07) is 0.0999. The topological polar surface area (TPSA) is 52.6 Å². The highest BCUT2D eigenvalue weighted by Gasteiger charge is 2.33. The number of alkyl halides is 6. The number of amides is 2. The van der Waals surface area contributed by atoms with Crippen molar-refractivity contribution in [2.24, 2.45) is 0 Å². The summed E-state index contributed by atoms with van der Waals surface area (Å²) >= 11 is 0. The number of aliphatic hydroxyl groups is 1. The van der Waals surface area contributed by atoms with Crippen LogP contribution in [0.5, 0.6) is 0 Å². The maximum absolute atomic E-state index is 13.4. The van der Waals surface area contributed by atoms with Crippen LogP contribution in [0.15, 0.2) is 24.3 Å². The molecule has 1 fully saturated rings. The van der Waals surface area contributed by atoms with Crippen LogP contribution in [0.2, 0.25) is 0 Å². The second-order valence-electron chi connectivity index (χ2n) is 5.77. The molecular weight excluding hydrogens is 354 g/mol. The van der Waals surface area contributed by atoms with Gasteiger partial charge >= 0.3 is 12.2 Å². The van der Waals surface area contributed by atoms with Gasteiger partial charge in [0.15, 0.2) is 0 Å². The van der Waals surface area contributed by atoms with E-state index in [9.17, 15) is 36.2 Å². The molecule has 1 aromatic carbocycles. The molecule has 0 saturated carbocycles. The van der Waals surface area contributed by atoms with Gasteiger partial charge in [-0.1, -0.05) is 12.1 Å². The van der Waals surface area contributed by atoms with E-state index in [1.165, 1.54) is 0 Å². The smallest absolute Gasteiger partial charge is 0.391 e. The number of benzene rings is 1. The molecule has 1 unspecified atom stereocenters. The first-order chi connectivity index (χ1) is 11.6. The van der Waals surface area contributed by atoms with Crippen LogP contribution in [0, 0.1) is 0 Å². The van der Waals surface area contributed by atoms with Crippen molar-refractivity contribution in [3.63, 3.8) is 0 Å². The molecule has 0 radical (unpaired) electrons. The third-order valence-electron chi connectivity index (χ3n) is 3.79. The number of hydrogen-bond acceptors (Lipinski definition) is 2. The number of β-amino-alcohol motifs (C(OH)–C–C–N with tert-alkyl or cyclic N) is 1. The normalized spacial score (nSPS) is 22.8. The van der Waals surface area contributed by atoms with E-state index in [2.05, 4.69) is 0 Å². The van der Waals surface area contributed by atoms with Crippen molar-refractivity contribution in [2.75, 3.05) is 13.1 Å². The van der Waals surface area contributed by atoms with Crippen molar-refractivity contribution in [3.8, 4) is 0 Å². The Labute approximate surface area is 139 Å². The van der Waals surface area contributed by atoms with E-state index >= 15 is 0 Å². The highest BCUT2D eigenvalue weighted by Crippen LogP contribution is 2.31. The number of likely N-dealkylation sites (tertiary alicyclic amines) is 1.